The molecular weight excluding hydrogens is 229 g/mol. The zero-order valence-corrected chi connectivity index (χ0v) is 8.91. The van der Waals surface area contributed by atoms with Gasteiger partial charge in [-0.25, -0.2) is 4.39 Å². The van der Waals surface area contributed by atoms with Gasteiger partial charge in [0.05, 0.1) is 5.02 Å². The molecule has 4 heteroatoms. The molecule has 0 amide bonds. The molecule has 1 aromatic heterocycles. The summed E-state index contributed by atoms with van der Waals surface area (Å²) in [6.45, 7) is 0. The number of nitrogens with zero attached hydrogens (tertiary/aromatic N) is 1. The first-order valence-electron chi connectivity index (χ1n) is 4.57. The third kappa shape index (κ3) is 2.09. The molecule has 2 rings (SSSR count). The second-order valence-electron chi connectivity index (χ2n) is 3.22. The quantitative estimate of drug-likeness (QED) is 0.747. The lowest BCUT2D eigenvalue weighted by molar-refractivity contribution is 0.111. The Morgan fingerprint density at radius 2 is 2.06 bits per heavy atom. The zero-order valence-electron chi connectivity index (χ0n) is 8.15. The summed E-state index contributed by atoms with van der Waals surface area (Å²) in [6.07, 6.45) is 2.07. The van der Waals surface area contributed by atoms with Crippen LogP contribution in [0.4, 0.5) is 4.39 Å². The van der Waals surface area contributed by atoms with E-state index in [9.17, 15) is 9.18 Å². The van der Waals surface area contributed by atoms with Crippen LogP contribution in [-0.2, 0) is 0 Å². The van der Waals surface area contributed by atoms with Gasteiger partial charge in [0, 0.05) is 11.8 Å². The summed E-state index contributed by atoms with van der Waals surface area (Å²) < 4.78 is 13.0. The van der Waals surface area contributed by atoms with Crippen molar-refractivity contribution in [2.75, 3.05) is 0 Å². The van der Waals surface area contributed by atoms with Crippen LogP contribution in [0.5, 0.6) is 0 Å². The molecule has 1 aromatic carbocycles. The maximum absolute atomic E-state index is 13.0. The van der Waals surface area contributed by atoms with Crippen LogP contribution in [0, 0.1) is 5.82 Å². The fourth-order valence-electron chi connectivity index (χ4n) is 1.36. The van der Waals surface area contributed by atoms with Crippen molar-refractivity contribution in [2.24, 2.45) is 0 Å². The average Bonchev–Trinajstić information content (AvgIpc) is 2.29. The lowest BCUT2D eigenvalue weighted by Crippen LogP contribution is -1.89. The molecule has 0 fully saturated rings. The van der Waals surface area contributed by atoms with Crippen LogP contribution in [-0.4, -0.2) is 11.3 Å². The molecule has 0 bridgehead atoms. The minimum atomic E-state index is -0.326. The van der Waals surface area contributed by atoms with Crippen LogP contribution < -0.4 is 0 Å². The highest BCUT2D eigenvalue weighted by atomic mass is 35.5. The van der Waals surface area contributed by atoms with Crippen molar-refractivity contribution in [3.63, 3.8) is 0 Å². The molecule has 80 valence electrons. The van der Waals surface area contributed by atoms with E-state index in [1.54, 1.807) is 18.2 Å². The maximum Gasteiger partial charge on any atom is 0.169 e. The van der Waals surface area contributed by atoms with E-state index in [1.165, 1.54) is 18.3 Å². The van der Waals surface area contributed by atoms with Gasteiger partial charge in [-0.1, -0.05) is 23.7 Å². The van der Waals surface area contributed by atoms with Gasteiger partial charge in [0.25, 0.3) is 0 Å². The highest BCUT2D eigenvalue weighted by Crippen LogP contribution is 2.23. The van der Waals surface area contributed by atoms with Crippen LogP contribution in [0.1, 0.15) is 10.5 Å². The highest BCUT2D eigenvalue weighted by Gasteiger charge is 2.04. The van der Waals surface area contributed by atoms with Crippen LogP contribution in [0.2, 0.25) is 5.02 Å². The van der Waals surface area contributed by atoms with Gasteiger partial charge in [-0.05, 0) is 23.8 Å². The van der Waals surface area contributed by atoms with E-state index in [4.69, 9.17) is 11.6 Å². The van der Waals surface area contributed by atoms with E-state index in [-0.39, 0.29) is 16.5 Å². The Balaban J connectivity index is 2.49. The highest BCUT2D eigenvalue weighted by molar-refractivity contribution is 6.32. The second kappa shape index (κ2) is 4.41. The van der Waals surface area contributed by atoms with Crippen molar-refractivity contribution in [1.82, 2.24) is 4.98 Å². The lowest BCUT2D eigenvalue weighted by atomic mass is 10.1. The first kappa shape index (κ1) is 10.8. The molecule has 0 spiro atoms. The van der Waals surface area contributed by atoms with Crippen LogP contribution >= 0.6 is 11.6 Å². The van der Waals surface area contributed by atoms with Crippen molar-refractivity contribution in [3.05, 3.63) is 53.1 Å². The van der Waals surface area contributed by atoms with Gasteiger partial charge in [-0.3, -0.25) is 9.78 Å². The predicted molar refractivity (Wildman–Crippen MR) is 60.0 cm³/mol. The van der Waals surface area contributed by atoms with Gasteiger partial charge in [0.1, 0.15) is 11.5 Å². The number of rotatable bonds is 2. The SMILES string of the molecule is O=Cc1ncc(-c2cccc(F)c2)cc1Cl. The van der Waals surface area contributed by atoms with Crippen molar-refractivity contribution >= 4 is 17.9 Å². The van der Waals surface area contributed by atoms with Gasteiger partial charge in [-0.2, -0.15) is 0 Å². The van der Waals surface area contributed by atoms with Crippen LogP contribution in [0.15, 0.2) is 36.5 Å². The summed E-state index contributed by atoms with van der Waals surface area (Å²) in [5, 5.41) is 0.261. The van der Waals surface area contributed by atoms with Gasteiger partial charge in [-0.15, -0.1) is 0 Å². The summed E-state index contributed by atoms with van der Waals surface area (Å²) in [7, 11) is 0. The Morgan fingerprint density at radius 3 is 2.69 bits per heavy atom. The Morgan fingerprint density at radius 1 is 1.25 bits per heavy atom. The number of carbonyl (C=O) groups is 1. The lowest BCUT2D eigenvalue weighted by Gasteiger charge is -2.03. The van der Waals surface area contributed by atoms with Crippen molar-refractivity contribution in [1.29, 1.82) is 0 Å². The average molecular weight is 236 g/mol. The monoisotopic (exact) mass is 235 g/mol. The fourth-order valence-corrected chi connectivity index (χ4v) is 1.57. The first-order chi connectivity index (χ1) is 7.70. The van der Waals surface area contributed by atoms with Crippen molar-refractivity contribution in [3.8, 4) is 11.1 Å². The standard InChI is InChI=1S/C12H7ClFNO/c13-11-5-9(6-15-12(11)7-16)8-2-1-3-10(14)4-8/h1-7H. The molecule has 0 unspecified atom stereocenters. The summed E-state index contributed by atoms with van der Waals surface area (Å²) in [6, 6.07) is 7.68. The Bertz CT molecular complexity index is 542. The van der Waals surface area contributed by atoms with Gasteiger partial charge < -0.3 is 0 Å². The smallest absolute Gasteiger partial charge is 0.169 e. The molecule has 0 aliphatic heterocycles. The number of hydrogen-bond acceptors (Lipinski definition) is 2. The molecule has 1 heterocycles. The molecule has 0 N–H and O–H groups in total. The maximum atomic E-state index is 13.0. The molecule has 0 radical (unpaired) electrons. The Kier molecular flexibility index (Phi) is 2.97. The van der Waals surface area contributed by atoms with E-state index in [1.807, 2.05) is 0 Å². The third-order valence-electron chi connectivity index (χ3n) is 2.14. The topological polar surface area (TPSA) is 30.0 Å². The molecular formula is C12H7ClFNO. The van der Waals surface area contributed by atoms with E-state index >= 15 is 0 Å². The number of aromatic nitrogens is 1. The molecule has 2 aromatic rings. The van der Waals surface area contributed by atoms with Crippen LogP contribution in [0.25, 0.3) is 11.1 Å². The third-order valence-corrected chi connectivity index (χ3v) is 2.44. The summed E-state index contributed by atoms with van der Waals surface area (Å²) in [5.74, 6) is -0.326. The number of halogens is 2. The summed E-state index contributed by atoms with van der Waals surface area (Å²) in [5.41, 5.74) is 1.53. The fraction of sp³-hybridized carbons (Fsp3) is 0. The number of benzene rings is 1. The molecule has 0 atom stereocenters. The van der Waals surface area contributed by atoms with E-state index in [0.29, 0.717) is 17.4 Å². The Hall–Kier alpha value is -1.74. The van der Waals surface area contributed by atoms with Crippen molar-refractivity contribution < 1.29 is 9.18 Å². The van der Waals surface area contributed by atoms with Gasteiger partial charge in [0.2, 0.25) is 0 Å². The Labute approximate surface area is 96.7 Å². The van der Waals surface area contributed by atoms with Crippen molar-refractivity contribution in [2.45, 2.75) is 0 Å². The minimum Gasteiger partial charge on any atom is -0.296 e. The summed E-state index contributed by atoms with van der Waals surface area (Å²) >= 11 is 5.83. The number of hydrogen-bond donors (Lipinski definition) is 0. The first-order valence-corrected chi connectivity index (χ1v) is 4.95. The number of carbonyl (C=O) groups excluding carboxylic acids is 1. The molecule has 2 nitrogen and oxygen atoms in total. The molecule has 0 aliphatic carbocycles. The zero-order chi connectivity index (χ0) is 11.5. The largest absolute Gasteiger partial charge is 0.296 e. The number of aldehydes is 1. The predicted octanol–water partition coefficient (Wildman–Crippen LogP) is 3.35. The molecule has 0 saturated carbocycles. The van der Waals surface area contributed by atoms with Crippen LogP contribution in [0.3, 0.4) is 0 Å². The van der Waals surface area contributed by atoms with Gasteiger partial charge >= 0.3 is 0 Å². The molecule has 0 saturated heterocycles. The molecule has 16 heavy (non-hydrogen) atoms. The minimum absolute atomic E-state index is 0.182. The van der Waals surface area contributed by atoms with E-state index < -0.39 is 0 Å². The number of pyridine rings is 1. The normalized spacial score (nSPS) is 10.1. The molecule has 0 aliphatic rings. The van der Waals surface area contributed by atoms with E-state index in [2.05, 4.69) is 4.98 Å². The summed E-state index contributed by atoms with van der Waals surface area (Å²) in [4.78, 5) is 14.4. The van der Waals surface area contributed by atoms with E-state index in [0.717, 1.165) is 0 Å². The van der Waals surface area contributed by atoms with Gasteiger partial charge in [0.15, 0.2) is 6.29 Å². The second-order valence-corrected chi connectivity index (χ2v) is 3.63.